The van der Waals surface area contributed by atoms with E-state index in [0.29, 0.717) is 11.6 Å². The molecule has 2 saturated heterocycles. The van der Waals surface area contributed by atoms with Crippen LogP contribution in [-0.2, 0) is 11.3 Å². The summed E-state index contributed by atoms with van der Waals surface area (Å²) in [6, 6.07) is 11.2. The maximum Gasteiger partial charge on any atom is 0.115 e. The second-order valence-electron chi connectivity index (χ2n) is 9.06. The normalized spacial score (nSPS) is 37.5. The van der Waals surface area contributed by atoms with Gasteiger partial charge < -0.3 is 26.2 Å². The first kappa shape index (κ1) is 20.4. The summed E-state index contributed by atoms with van der Waals surface area (Å²) >= 11 is 0. The van der Waals surface area contributed by atoms with Crippen molar-refractivity contribution < 1.29 is 26.2 Å². The molecule has 2 nitrogen and oxygen atoms in total. The lowest BCUT2D eigenvalue weighted by Crippen LogP contribution is -3.00. The molecule has 3 heteroatoms. The lowest BCUT2D eigenvalue weighted by atomic mass is 9.83. The number of hydrogen-bond acceptors (Lipinski definition) is 1. The van der Waals surface area contributed by atoms with Gasteiger partial charge in [-0.15, -0.1) is 0 Å². The van der Waals surface area contributed by atoms with Gasteiger partial charge in [-0.05, 0) is 26.2 Å². The predicted molar refractivity (Wildman–Crippen MR) is 103 cm³/mol. The van der Waals surface area contributed by atoms with E-state index in [4.69, 9.17) is 4.74 Å². The molecule has 1 saturated carbocycles. The second kappa shape index (κ2) is 8.32. The van der Waals surface area contributed by atoms with Crippen LogP contribution in [0.15, 0.2) is 30.3 Å². The van der Waals surface area contributed by atoms with Crippen LogP contribution in [0.3, 0.4) is 0 Å². The third-order valence-corrected chi connectivity index (χ3v) is 7.97. The van der Waals surface area contributed by atoms with Gasteiger partial charge in [0.1, 0.15) is 24.7 Å². The fraction of sp³-hybridized carbons (Fsp3) is 0.739. The Labute approximate surface area is 170 Å². The standard InChI is InChI=1S/C23H36NO.BrH/c1-3-4-5-9-16-25-22-18-24(17-19-10-7-6-8-11-19)15-14-20-12-13-21(22)23(20,24)2;/h6-8,10-11,20-22H,3-5,9,12-18H2,1-2H3;1H/q+1;/p-1/t20-,21+,22-,23+,24+;/m0./s1. The molecule has 2 aliphatic heterocycles. The van der Waals surface area contributed by atoms with Crippen LogP contribution in [0, 0.1) is 11.8 Å². The zero-order valence-corrected chi connectivity index (χ0v) is 18.2. The van der Waals surface area contributed by atoms with Gasteiger partial charge in [0.05, 0.1) is 6.54 Å². The molecular formula is C23H36BrNO. The van der Waals surface area contributed by atoms with Crippen LogP contribution in [0.4, 0.5) is 0 Å². The van der Waals surface area contributed by atoms with E-state index in [9.17, 15) is 0 Å². The third kappa shape index (κ3) is 3.29. The Morgan fingerprint density at radius 2 is 1.88 bits per heavy atom. The Morgan fingerprint density at radius 3 is 2.65 bits per heavy atom. The van der Waals surface area contributed by atoms with E-state index in [0.717, 1.165) is 18.4 Å². The van der Waals surface area contributed by atoms with Crippen molar-refractivity contribution in [3.8, 4) is 0 Å². The first-order valence-corrected chi connectivity index (χ1v) is 10.7. The lowest BCUT2D eigenvalue weighted by molar-refractivity contribution is -0.966. The van der Waals surface area contributed by atoms with E-state index in [1.54, 1.807) is 0 Å². The summed E-state index contributed by atoms with van der Waals surface area (Å²) in [4.78, 5) is 0. The highest BCUT2D eigenvalue weighted by atomic mass is 79.9. The summed E-state index contributed by atoms with van der Waals surface area (Å²) in [5, 5.41) is 0. The Balaban J connectivity index is 0.00000196. The van der Waals surface area contributed by atoms with Crippen molar-refractivity contribution in [2.75, 3.05) is 19.7 Å². The number of benzene rings is 1. The number of rotatable bonds is 8. The summed E-state index contributed by atoms with van der Waals surface area (Å²) in [6.45, 7) is 9.70. The van der Waals surface area contributed by atoms with Crippen molar-refractivity contribution in [2.24, 2.45) is 11.8 Å². The number of ether oxygens (including phenoxy) is 1. The summed E-state index contributed by atoms with van der Waals surface area (Å²) in [5.41, 5.74) is 1.97. The number of halogens is 1. The zero-order chi connectivity index (χ0) is 17.3. The summed E-state index contributed by atoms with van der Waals surface area (Å²) in [7, 11) is 0. The number of unbranched alkanes of at least 4 members (excludes halogenated alkanes) is 3. The van der Waals surface area contributed by atoms with Gasteiger partial charge >= 0.3 is 0 Å². The largest absolute Gasteiger partial charge is 1.00 e. The van der Waals surface area contributed by atoms with Crippen molar-refractivity contribution >= 4 is 0 Å². The van der Waals surface area contributed by atoms with Crippen molar-refractivity contribution in [3.63, 3.8) is 0 Å². The molecule has 1 aromatic rings. The summed E-state index contributed by atoms with van der Waals surface area (Å²) in [5.74, 6) is 1.71. The van der Waals surface area contributed by atoms with E-state index in [1.807, 2.05) is 0 Å². The molecule has 4 rings (SSSR count). The van der Waals surface area contributed by atoms with Crippen molar-refractivity contribution in [1.82, 2.24) is 0 Å². The molecule has 0 spiro atoms. The van der Waals surface area contributed by atoms with Crippen LogP contribution in [0.1, 0.15) is 64.4 Å². The number of quaternary nitrogens is 1. The van der Waals surface area contributed by atoms with Crippen molar-refractivity contribution in [1.29, 1.82) is 0 Å². The molecule has 0 bridgehead atoms. The fourth-order valence-electron chi connectivity index (χ4n) is 6.59. The van der Waals surface area contributed by atoms with Crippen LogP contribution in [0.2, 0.25) is 0 Å². The molecule has 2 heterocycles. The Bertz CT molecular complexity index is 579. The highest BCUT2D eigenvalue weighted by molar-refractivity contribution is 5.16. The van der Waals surface area contributed by atoms with E-state index >= 15 is 0 Å². The molecule has 1 aliphatic carbocycles. The number of nitrogens with zero attached hydrogens (tertiary/aromatic N) is 1. The highest BCUT2D eigenvalue weighted by Crippen LogP contribution is 2.61. The van der Waals surface area contributed by atoms with E-state index < -0.39 is 0 Å². The Morgan fingerprint density at radius 1 is 1.08 bits per heavy atom. The molecule has 0 radical (unpaired) electrons. The minimum atomic E-state index is 0. The molecule has 1 aromatic carbocycles. The molecular weight excluding hydrogens is 386 g/mol. The monoisotopic (exact) mass is 421 g/mol. The highest BCUT2D eigenvalue weighted by Gasteiger charge is 2.71. The molecule has 26 heavy (non-hydrogen) atoms. The molecule has 0 amide bonds. The fourth-order valence-corrected chi connectivity index (χ4v) is 6.59. The molecule has 146 valence electrons. The van der Waals surface area contributed by atoms with Gasteiger partial charge in [0, 0.05) is 30.4 Å². The molecule has 5 atom stereocenters. The van der Waals surface area contributed by atoms with Crippen LogP contribution < -0.4 is 17.0 Å². The predicted octanol–water partition coefficient (Wildman–Crippen LogP) is 2.18. The average Bonchev–Trinajstić information content (AvgIpc) is 3.18. The minimum absolute atomic E-state index is 0. The van der Waals surface area contributed by atoms with Crippen LogP contribution in [-0.4, -0.2) is 35.8 Å². The van der Waals surface area contributed by atoms with Gasteiger partial charge in [0.2, 0.25) is 0 Å². The van der Waals surface area contributed by atoms with Gasteiger partial charge in [-0.1, -0.05) is 56.5 Å². The lowest BCUT2D eigenvalue weighted by Gasteiger charge is -2.43. The van der Waals surface area contributed by atoms with Crippen LogP contribution >= 0.6 is 0 Å². The molecule has 3 fully saturated rings. The van der Waals surface area contributed by atoms with Crippen molar-refractivity contribution in [2.45, 2.75) is 77.0 Å². The van der Waals surface area contributed by atoms with Gasteiger partial charge in [-0.2, -0.15) is 0 Å². The third-order valence-electron chi connectivity index (χ3n) is 7.97. The molecule has 3 aliphatic rings. The van der Waals surface area contributed by atoms with Gasteiger partial charge in [-0.25, -0.2) is 0 Å². The quantitative estimate of drug-likeness (QED) is 0.461. The average molecular weight is 422 g/mol. The minimum Gasteiger partial charge on any atom is -1.00 e. The van der Waals surface area contributed by atoms with Gasteiger partial charge in [-0.3, -0.25) is 0 Å². The van der Waals surface area contributed by atoms with Crippen LogP contribution in [0.5, 0.6) is 0 Å². The maximum atomic E-state index is 6.53. The maximum absolute atomic E-state index is 6.53. The number of hydrogen-bond donors (Lipinski definition) is 0. The Hall–Kier alpha value is -0.380. The molecule has 0 aromatic heterocycles. The SMILES string of the molecule is CCCCCCO[C@H]1C[N@+]2(Cc3ccccc3)CC[C@@H]3CC[C@H]1[C@@]32C.[Br-]. The van der Waals surface area contributed by atoms with Crippen LogP contribution in [0.25, 0.3) is 0 Å². The molecule has 0 N–H and O–H groups in total. The summed E-state index contributed by atoms with van der Waals surface area (Å²) < 4.78 is 7.83. The van der Waals surface area contributed by atoms with E-state index in [-0.39, 0.29) is 17.0 Å². The smallest absolute Gasteiger partial charge is 0.115 e. The molecule has 0 unspecified atom stereocenters. The summed E-state index contributed by atoms with van der Waals surface area (Å²) in [6.07, 6.45) is 10.0. The first-order chi connectivity index (χ1) is 12.2. The van der Waals surface area contributed by atoms with E-state index in [1.165, 1.54) is 74.6 Å². The van der Waals surface area contributed by atoms with Crippen molar-refractivity contribution in [3.05, 3.63) is 35.9 Å². The topological polar surface area (TPSA) is 9.23 Å². The van der Waals surface area contributed by atoms with Gasteiger partial charge in [0.25, 0.3) is 0 Å². The van der Waals surface area contributed by atoms with Gasteiger partial charge in [0.15, 0.2) is 0 Å². The first-order valence-electron chi connectivity index (χ1n) is 10.7. The van der Waals surface area contributed by atoms with E-state index in [2.05, 4.69) is 44.2 Å². The second-order valence-corrected chi connectivity index (χ2v) is 9.06. The Kier molecular flexibility index (Phi) is 6.52. The zero-order valence-electron chi connectivity index (χ0n) is 16.6.